The Kier molecular flexibility index (Phi) is 9.59. The summed E-state index contributed by atoms with van der Waals surface area (Å²) in [6.45, 7) is 2.60. The summed E-state index contributed by atoms with van der Waals surface area (Å²) in [4.78, 5) is 0. The van der Waals surface area contributed by atoms with Gasteiger partial charge in [0, 0.05) is 0 Å². The van der Waals surface area contributed by atoms with E-state index in [1.165, 1.54) is 0 Å². The number of allylic oxidation sites excluding steroid dienone is 3. The molecular formula is C10H18O2. The quantitative estimate of drug-likeness (QED) is 0.361. The molecule has 0 spiro atoms. The molecule has 0 aliphatic heterocycles. The summed E-state index contributed by atoms with van der Waals surface area (Å²) in [5, 5.41) is 8.37. The van der Waals surface area contributed by atoms with Gasteiger partial charge in [-0.3, -0.25) is 0 Å². The highest BCUT2D eigenvalue weighted by Crippen LogP contribution is 1.94. The van der Waals surface area contributed by atoms with Gasteiger partial charge in [-0.15, -0.1) is 0 Å². The van der Waals surface area contributed by atoms with Gasteiger partial charge in [0.15, 0.2) is 0 Å². The lowest BCUT2D eigenvalue weighted by Crippen LogP contribution is -1.91. The zero-order valence-electron chi connectivity index (χ0n) is 7.70. The Hall–Kier alpha value is -0.760. The van der Waals surface area contributed by atoms with E-state index in [0.29, 0.717) is 6.61 Å². The molecule has 2 nitrogen and oxygen atoms in total. The number of rotatable bonds is 7. The summed E-state index contributed by atoms with van der Waals surface area (Å²) in [5.74, 6) is 0. The van der Waals surface area contributed by atoms with E-state index in [1.807, 2.05) is 6.08 Å². The van der Waals surface area contributed by atoms with Gasteiger partial charge in [-0.05, 0) is 25.3 Å². The highest BCUT2D eigenvalue weighted by atomic mass is 16.5. The van der Waals surface area contributed by atoms with Gasteiger partial charge in [0.1, 0.15) is 6.61 Å². The van der Waals surface area contributed by atoms with Gasteiger partial charge >= 0.3 is 0 Å². The highest BCUT2D eigenvalue weighted by Gasteiger charge is 1.77. The molecular weight excluding hydrogens is 152 g/mol. The largest absolute Gasteiger partial charge is 0.499 e. The summed E-state index contributed by atoms with van der Waals surface area (Å²) in [6.07, 6.45) is 11.1. The van der Waals surface area contributed by atoms with Crippen LogP contribution in [0.2, 0.25) is 0 Å². The topological polar surface area (TPSA) is 29.5 Å². The lowest BCUT2D eigenvalue weighted by Gasteiger charge is -1.93. The lowest BCUT2D eigenvalue weighted by atomic mass is 10.3. The molecule has 0 aromatic heterocycles. The molecule has 0 bridgehead atoms. The normalized spacial score (nSPS) is 11.5. The van der Waals surface area contributed by atoms with Crippen molar-refractivity contribution in [1.29, 1.82) is 0 Å². The van der Waals surface area contributed by atoms with Crippen molar-refractivity contribution in [3.63, 3.8) is 0 Å². The van der Waals surface area contributed by atoms with Gasteiger partial charge in [-0.25, -0.2) is 0 Å². The zero-order chi connectivity index (χ0) is 9.07. The molecule has 0 atom stereocenters. The van der Waals surface area contributed by atoms with Crippen molar-refractivity contribution in [1.82, 2.24) is 0 Å². The van der Waals surface area contributed by atoms with Crippen LogP contribution in [0.1, 0.15) is 26.2 Å². The monoisotopic (exact) mass is 170 g/mol. The van der Waals surface area contributed by atoms with Crippen molar-refractivity contribution in [2.75, 3.05) is 13.2 Å². The van der Waals surface area contributed by atoms with Crippen LogP contribution in [0.15, 0.2) is 24.5 Å². The average molecular weight is 170 g/mol. The van der Waals surface area contributed by atoms with E-state index in [-0.39, 0.29) is 6.61 Å². The number of hydrogen-bond acceptors (Lipinski definition) is 2. The van der Waals surface area contributed by atoms with E-state index >= 15 is 0 Å². The Morgan fingerprint density at radius 3 is 2.58 bits per heavy atom. The third-order valence-corrected chi connectivity index (χ3v) is 1.30. The van der Waals surface area contributed by atoms with E-state index in [1.54, 1.807) is 6.26 Å². The molecule has 0 fully saturated rings. The van der Waals surface area contributed by atoms with Crippen LogP contribution in [0.25, 0.3) is 0 Å². The Morgan fingerprint density at radius 2 is 1.92 bits per heavy atom. The van der Waals surface area contributed by atoms with Gasteiger partial charge in [0.2, 0.25) is 0 Å². The minimum Gasteiger partial charge on any atom is -0.499 e. The van der Waals surface area contributed by atoms with E-state index in [0.717, 1.165) is 19.3 Å². The minimum absolute atomic E-state index is 0.0834. The van der Waals surface area contributed by atoms with Crippen molar-refractivity contribution in [3.8, 4) is 0 Å². The molecule has 0 aliphatic carbocycles. The van der Waals surface area contributed by atoms with Crippen molar-refractivity contribution in [2.24, 2.45) is 0 Å². The molecule has 0 rings (SSSR count). The third-order valence-electron chi connectivity index (χ3n) is 1.30. The number of unbranched alkanes of at least 4 members (excludes halogenated alkanes) is 1. The van der Waals surface area contributed by atoms with Crippen molar-refractivity contribution in [2.45, 2.75) is 26.2 Å². The Labute approximate surface area is 74.6 Å². The first-order valence-electron chi connectivity index (χ1n) is 4.44. The number of aliphatic hydroxyl groups is 1. The van der Waals surface area contributed by atoms with E-state index in [4.69, 9.17) is 9.84 Å². The molecule has 0 saturated heterocycles. The predicted molar refractivity (Wildman–Crippen MR) is 50.8 cm³/mol. The minimum atomic E-state index is 0.0834. The molecule has 12 heavy (non-hydrogen) atoms. The average Bonchev–Trinajstić information content (AvgIpc) is 2.10. The van der Waals surface area contributed by atoms with Crippen molar-refractivity contribution in [3.05, 3.63) is 24.5 Å². The molecule has 0 unspecified atom stereocenters. The lowest BCUT2D eigenvalue weighted by molar-refractivity contribution is 0.165. The Bertz CT molecular complexity index is 128. The van der Waals surface area contributed by atoms with Crippen LogP contribution >= 0.6 is 0 Å². The van der Waals surface area contributed by atoms with Crippen LogP contribution in [-0.4, -0.2) is 18.3 Å². The molecule has 70 valence electrons. The maximum absolute atomic E-state index is 8.37. The molecule has 2 heteroatoms. The zero-order valence-corrected chi connectivity index (χ0v) is 7.70. The SMILES string of the molecule is CC/C=C/CC/C=C/OCCO. The molecule has 0 aromatic carbocycles. The van der Waals surface area contributed by atoms with Crippen LogP contribution < -0.4 is 0 Å². The standard InChI is InChI=1S/C10H18O2/c1-2-3-4-5-6-7-9-12-10-8-11/h3-4,7,9,11H,2,5-6,8,10H2,1H3/b4-3+,9-7+. The van der Waals surface area contributed by atoms with Gasteiger partial charge in [0.05, 0.1) is 12.9 Å². The van der Waals surface area contributed by atoms with Crippen LogP contribution in [0.4, 0.5) is 0 Å². The van der Waals surface area contributed by atoms with E-state index in [2.05, 4.69) is 19.1 Å². The third kappa shape index (κ3) is 9.24. The predicted octanol–water partition coefficient (Wildman–Crippen LogP) is 2.26. The fraction of sp³-hybridized carbons (Fsp3) is 0.600. The molecule has 0 radical (unpaired) electrons. The Morgan fingerprint density at radius 1 is 1.17 bits per heavy atom. The molecule has 0 aliphatic rings. The molecule has 0 aromatic rings. The van der Waals surface area contributed by atoms with Gasteiger partial charge in [-0.1, -0.05) is 19.1 Å². The van der Waals surface area contributed by atoms with Crippen LogP contribution in [0.3, 0.4) is 0 Å². The summed E-state index contributed by atoms with van der Waals surface area (Å²) < 4.78 is 4.93. The Balaban J connectivity index is 3.07. The van der Waals surface area contributed by atoms with Gasteiger partial charge < -0.3 is 9.84 Å². The highest BCUT2D eigenvalue weighted by molar-refractivity contribution is 4.84. The molecule has 0 saturated carbocycles. The second-order valence-electron chi connectivity index (χ2n) is 2.42. The first-order chi connectivity index (χ1) is 5.91. The summed E-state index contributed by atoms with van der Waals surface area (Å²) in [7, 11) is 0. The number of aliphatic hydroxyl groups excluding tert-OH is 1. The number of ether oxygens (including phenoxy) is 1. The van der Waals surface area contributed by atoms with Gasteiger partial charge in [0.25, 0.3) is 0 Å². The summed E-state index contributed by atoms with van der Waals surface area (Å²) >= 11 is 0. The maximum Gasteiger partial charge on any atom is 0.110 e. The fourth-order valence-electron chi connectivity index (χ4n) is 0.734. The van der Waals surface area contributed by atoms with Crippen molar-refractivity contribution < 1.29 is 9.84 Å². The number of hydrogen-bond donors (Lipinski definition) is 1. The first kappa shape index (κ1) is 11.2. The first-order valence-corrected chi connectivity index (χ1v) is 4.44. The summed E-state index contributed by atoms with van der Waals surface area (Å²) in [6, 6.07) is 0. The smallest absolute Gasteiger partial charge is 0.110 e. The molecule has 1 N–H and O–H groups in total. The van der Waals surface area contributed by atoms with E-state index < -0.39 is 0 Å². The molecule has 0 heterocycles. The molecule has 0 amide bonds. The summed E-state index contributed by atoms with van der Waals surface area (Å²) in [5.41, 5.74) is 0. The van der Waals surface area contributed by atoms with Gasteiger partial charge in [-0.2, -0.15) is 0 Å². The van der Waals surface area contributed by atoms with E-state index in [9.17, 15) is 0 Å². The van der Waals surface area contributed by atoms with Crippen LogP contribution in [0, 0.1) is 0 Å². The van der Waals surface area contributed by atoms with Crippen LogP contribution in [0.5, 0.6) is 0 Å². The van der Waals surface area contributed by atoms with Crippen LogP contribution in [-0.2, 0) is 4.74 Å². The fourth-order valence-corrected chi connectivity index (χ4v) is 0.734. The maximum atomic E-state index is 8.37. The van der Waals surface area contributed by atoms with Crippen molar-refractivity contribution >= 4 is 0 Å². The second kappa shape index (κ2) is 10.2. The second-order valence-corrected chi connectivity index (χ2v) is 2.42.